The number of nitrogens with one attached hydrogen (secondary N) is 1. The van der Waals surface area contributed by atoms with Gasteiger partial charge in [0.1, 0.15) is 5.01 Å². The first-order chi connectivity index (χ1) is 14.5. The number of imide groups is 1. The molecule has 8 heteroatoms. The van der Waals surface area contributed by atoms with E-state index in [-0.39, 0.29) is 47.8 Å². The largest absolute Gasteiger partial charge is 0.300 e. The van der Waals surface area contributed by atoms with Crippen molar-refractivity contribution in [2.45, 2.75) is 32.2 Å². The molecule has 3 amide bonds. The lowest BCUT2D eigenvalue weighted by molar-refractivity contribution is -0.143. The summed E-state index contributed by atoms with van der Waals surface area (Å²) in [4.78, 5) is 41.0. The first-order valence-corrected chi connectivity index (χ1v) is 11.0. The maximum Gasteiger partial charge on any atom is 0.234 e. The monoisotopic (exact) mass is 422 g/mol. The van der Waals surface area contributed by atoms with Crippen molar-refractivity contribution >= 4 is 34.2 Å². The van der Waals surface area contributed by atoms with Gasteiger partial charge in [-0.1, -0.05) is 53.8 Å². The van der Waals surface area contributed by atoms with Gasteiger partial charge in [0.15, 0.2) is 0 Å². The maximum atomic E-state index is 13.4. The van der Waals surface area contributed by atoms with Crippen molar-refractivity contribution in [1.29, 1.82) is 0 Å². The summed E-state index contributed by atoms with van der Waals surface area (Å²) in [5, 5.41) is 11.8. The van der Waals surface area contributed by atoms with E-state index in [4.69, 9.17) is 0 Å². The molecular formula is C22H22N4O3S. The van der Waals surface area contributed by atoms with Crippen molar-refractivity contribution in [1.82, 2.24) is 15.1 Å². The van der Waals surface area contributed by atoms with E-state index in [2.05, 4.69) is 27.7 Å². The molecule has 154 valence electrons. The van der Waals surface area contributed by atoms with Gasteiger partial charge in [-0.3, -0.25) is 19.3 Å². The van der Waals surface area contributed by atoms with Crippen LogP contribution in [-0.4, -0.2) is 32.8 Å². The SMILES string of the molecule is Cc1nnc(NC(=O)C[C@H](c2ccccc2)N2C(=O)[C@@H]3[C@H](C2=O)[C@H]2C=C[C@H]3CC2)s1. The van der Waals surface area contributed by atoms with Crippen molar-refractivity contribution in [2.24, 2.45) is 23.7 Å². The molecule has 4 aliphatic rings. The van der Waals surface area contributed by atoms with Gasteiger partial charge in [0.2, 0.25) is 22.9 Å². The second-order valence-electron chi connectivity index (χ2n) is 8.19. The van der Waals surface area contributed by atoms with Crippen LogP contribution in [-0.2, 0) is 14.4 Å². The summed E-state index contributed by atoms with van der Waals surface area (Å²) in [5.41, 5.74) is 0.779. The lowest BCUT2D eigenvalue weighted by atomic mass is 9.63. The Morgan fingerprint density at radius 1 is 1.10 bits per heavy atom. The molecule has 2 heterocycles. The minimum Gasteiger partial charge on any atom is -0.300 e. The molecule has 0 spiro atoms. The molecule has 30 heavy (non-hydrogen) atoms. The van der Waals surface area contributed by atoms with Gasteiger partial charge in [0.05, 0.1) is 24.3 Å². The number of carbonyl (C=O) groups is 3. The molecule has 1 saturated heterocycles. The first kappa shape index (κ1) is 19.1. The third-order valence-electron chi connectivity index (χ3n) is 6.44. The molecule has 0 unspecified atom stereocenters. The van der Waals surface area contributed by atoms with Crippen LogP contribution in [0.15, 0.2) is 42.5 Å². The Hall–Kier alpha value is -2.87. The number of allylic oxidation sites excluding steroid dienone is 2. The summed E-state index contributed by atoms with van der Waals surface area (Å²) >= 11 is 1.29. The summed E-state index contributed by atoms with van der Waals surface area (Å²) in [6.07, 6.45) is 6.09. The number of aryl methyl sites for hydroxylation is 1. The van der Waals surface area contributed by atoms with Crippen molar-refractivity contribution in [2.75, 3.05) is 5.32 Å². The molecule has 1 saturated carbocycles. The van der Waals surface area contributed by atoms with Crippen LogP contribution >= 0.6 is 11.3 Å². The number of amides is 3. The van der Waals surface area contributed by atoms with Gasteiger partial charge >= 0.3 is 0 Å². The molecule has 2 aromatic rings. The standard InChI is InChI=1S/C22H22N4O3S/c1-12-24-25-22(30-12)23-17(27)11-16(13-5-3-2-4-6-13)26-20(28)18-14-7-8-15(10-9-14)19(18)21(26)29/h2-8,14-16,18-19H,9-11H2,1H3,(H,23,25,27)/t14-,15-,16+,18-,19+/m0/s1. The second-order valence-corrected chi connectivity index (χ2v) is 9.37. The van der Waals surface area contributed by atoms with Crippen LogP contribution in [0, 0.1) is 30.6 Å². The van der Waals surface area contributed by atoms with E-state index in [1.54, 1.807) is 0 Å². The minimum atomic E-state index is -0.634. The van der Waals surface area contributed by atoms with E-state index >= 15 is 0 Å². The molecule has 1 aromatic heterocycles. The van der Waals surface area contributed by atoms with Gasteiger partial charge in [0.25, 0.3) is 0 Å². The van der Waals surface area contributed by atoms with Gasteiger partial charge in [-0.15, -0.1) is 10.2 Å². The summed E-state index contributed by atoms with van der Waals surface area (Å²) in [6, 6.07) is 8.69. The number of carbonyl (C=O) groups excluding carboxylic acids is 3. The van der Waals surface area contributed by atoms with Crippen LogP contribution < -0.4 is 5.32 Å². The molecule has 1 N–H and O–H groups in total. The van der Waals surface area contributed by atoms with Crippen LogP contribution in [0.3, 0.4) is 0 Å². The van der Waals surface area contributed by atoms with E-state index in [0.29, 0.717) is 5.13 Å². The van der Waals surface area contributed by atoms with Crippen molar-refractivity contribution in [3.05, 3.63) is 53.1 Å². The number of aromatic nitrogens is 2. The summed E-state index contributed by atoms with van der Waals surface area (Å²) in [6.45, 7) is 1.81. The van der Waals surface area contributed by atoms with Gasteiger partial charge in [-0.2, -0.15) is 0 Å². The maximum absolute atomic E-state index is 13.4. The fourth-order valence-electron chi connectivity index (χ4n) is 5.13. The Morgan fingerprint density at radius 3 is 2.27 bits per heavy atom. The zero-order valence-corrected chi connectivity index (χ0v) is 17.3. The molecule has 1 aromatic carbocycles. The average molecular weight is 423 g/mol. The molecule has 0 radical (unpaired) electrons. The first-order valence-electron chi connectivity index (χ1n) is 10.2. The van der Waals surface area contributed by atoms with Crippen LogP contribution in [0.4, 0.5) is 5.13 Å². The highest BCUT2D eigenvalue weighted by atomic mass is 32.1. The summed E-state index contributed by atoms with van der Waals surface area (Å²) in [7, 11) is 0. The normalized spacial score (nSPS) is 28.0. The van der Waals surface area contributed by atoms with Crippen LogP contribution in [0.1, 0.15) is 35.9 Å². The highest BCUT2D eigenvalue weighted by molar-refractivity contribution is 7.15. The highest BCUT2D eigenvalue weighted by Gasteiger charge is 2.58. The molecule has 1 aliphatic heterocycles. The number of rotatable bonds is 5. The molecule has 6 rings (SSSR count). The molecule has 5 atom stereocenters. The summed E-state index contributed by atoms with van der Waals surface area (Å²) < 4.78 is 0. The molecule has 3 aliphatic carbocycles. The number of anilines is 1. The zero-order valence-electron chi connectivity index (χ0n) is 16.5. The van der Waals surface area contributed by atoms with Crippen LogP contribution in [0.2, 0.25) is 0 Å². The lowest BCUT2D eigenvalue weighted by Crippen LogP contribution is -2.38. The second kappa shape index (κ2) is 7.43. The molecule has 2 bridgehead atoms. The molecular weight excluding hydrogens is 400 g/mol. The predicted octanol–water partition coefficient (Wildman–Crippen LogP) is 3.11. The average Bonchev–Trinajstić information content (AvgIpc) is 3.29. The Bertz CT molecular complexity index is 1000. The van der Waals surface area contributed by atoms with Crippen molar-refractivity contribution < 1.29 is 14.4 Å². The Balaban J connectivity index is 1.44. The number of benzene rings is 1. The van der Waals surface area contributed by atoms with Gasteiger partial charge in [0, 0.05) is 0 Å². The van der Waals surface area contributed by atoms with Crippen LogP contribution in [0.25, 0.3) is 0 Å². The number of fused-ring (bicyclic) bond motifs is 1. The third kappa shape index (κ3) is 3.15. The lowest BCUT2D eigenvalue weighted by Gasteiger charge is -2.38. The van der Waals surface area contributed by atoms with E-state index < -0.39 is 6.04 Å². The fourth-order valence-corrected chi connectivity index (χ4v) is 5.74. The van der Waals surface area contributed by atoms with Gasteiger partial charge < -0.3 is 5.32 Å². The minimum absolute atomic E-state index is 0.0116. The zero-order chi connectivity index (χ0) is 20.8. The van der Waals surface area contributed by atoms with Gasteiger partial charge in [-0.05, 0) is 37.2 Å². The number of hydrogen-bond acceptors (Lipinski definition) is 6. The topological polar surface area (TPSA) is 92.3 Å². The number of hydrogen-bond donors (Lipinski definition) is 1. The van der Waals surface area contributed by atoms with E-state index in [9.17, 15) is 14.4 Å². The summed E-state index contributed by atoms with van der Waals surface area (Å²) in [5.74, 6) is -0.915. The molecule has 2 fully saturated rings. The van der Waals surface area contributed by atoms with E-state index in [1.165, 1.54) is 16.2 Å². The predicted molar refractivity (Wildman–Crippen MR) is 111 cm³/mol. The fraction of sp³-hybridized carbons (Fsp3) is 0.409. The Labute approximate surface area is 178 Å². The van der Waals surface area contributed by atoms with Crippen LogP contribution in [0.5, 0.6) is 0 Å². The highest BCUT2D eigenvalue weighted by Crippen LogP contribution is 2.51. The Morgan fingerprint density at radius 2 is 1.73 bits per heavy atom. The smallest absolute Gasteiger partial charge is 0.234 e. The van der Waals surface area contributed by atoms with Gasteiger partial charge in [-0.25, -0.2) is 0 Å². The van der Waals surface area contributed by atoms with Crippen molar-refractivity contribution in [3.8, 4) is 0 Å². The third-order valence-corrected chi connectivity index (χ3v) is 7.19. The Kier molecular flexibility index (Phi) is 4.73. The molecule has 7 nitrogen and oxygen atoms in total. The van der Waals surface area contributed by atoms with Crippen molar-refractivity contribution in [3.63, 3.8) is 0 Å². The van der Waals surface area contributed by atoms with E-state index in [0.717, 1.165) is 23.4 Å². The number of nitrogens with zero attached hydrogens (tertiary/aromatic N) is 3. The quantitative estimate of drug-likeness (QED) is 0.590. The number of likely N-dealkylation sites (tertiary alicyclic amines) is 1. The van der Waals surface area contributed by atoms with E-state index in [1.807, 2.05) is 37.3 Å².